The summed E-state index contributed by atoms with van der Waals surface area (Å²) in [5.74, 6) is -0.873. The van der Waals surface area contributed by atoms with Crippen molar-refractivity contribution in [2.45, 2.75) is 45.4 Å². The Labute approximate surface area is 171 Å². The van der Waals surface area contributed by atoms with Crippen LogP contribution < -0.4 is 0 Å². The maximum absolute atomic E-state index is 14.8. The first-order valence-corrected chi connectivity index (χ1v) is 10.3. The van der Waals surface area contributed by atoms with E-state index in [1.54, 1.807) is 12.1 Å². The van der Waals surface area contributed by atoms with Crippen LogP contribution in [0.15, 0.2) is 54.6 Å². The van der Waals surface area contributed by atoms with Gasteiger partial charge < -0.3 is 0 Å². The minimum absolute atomic E-state index is 0. The van der Waals surface area contributed by atoms with Crippen LogP contribution in [0.1, 0.15) is 51.1 Å². The molecule has 0 atom stereocenters. The first-order valence-electron chi connectivity index (χ1n) is 10.3. The molecule has 0 heterocycles. The minimum Gasteiger partial charge on any atom is -0.206 e. The van der Waals surface area contributed by atoms with Crippen molar-refractivity contribution in [3.05, 3.63) is 83.2 Å². The smallest absolute Gasteiger partial charge is 0.166 e. The predicted octanol–water partition coefficient (Wildman–Crippen LogP) is 8.29. The molecule has 0 nitrogen and oxygen atoms in total. The summed E-state index contributed by atoms with van der Waals surface area (Å²) in [6.45, 7) is 3.81. The van der Waals surface area contributed by atoms with E-state index >= 15 is 0 Å². The van der Waals surface area contributed by atoms with E-state index in [2.05, 4.69) is 19.1 Å². The topological polar surface area (TPSA) is 0 Å². The Hall–Kier alpha value is -2.55. The summed E-state index contributed by atoms with van der Waals surface area (Å²) in [6, 6.07) is 15.7. The van der Waals surface area contributed by atoms with Crippen LogP contribution >= 0.6 is 0 Å². The molecule has 152 valence electrons. The second-order valence-corrected chi connectivity index (χ2v) is 8.33. The van der Waals surface area contributed by atoms with Crippen LogP contribution in [0.2, 0.25) is 0 Å². The minimum atomic E-state index is -0.941. The Morgan fingerprint density at radius 1 is 0.724 bits per heavy atom. The monoisotopic (exact) mass is 396 g/mol. The van der Waals surface area contributed by atoms with Gasteiger partial charge in [-0.3, -0.25) is 0 Å². The van der Waals surface area contributed by atoms with E-state index in [4.69, 9.17) is 0 Å². The van der Waals surface area contributed by atoms with Gasteiger partial charge in [-0.05, 0) is 59.9 Å². The fraction of sp³-hybridized carbons (Fsp3) is 0.308. The van der Waals surface area contributed by atoms with Crippen molar-refractivity contribution in [3.63, 3.8) is 0 Å². The van der Waals surface area contributed by atoms with E-state index in [0.717, 1.165) is 11.5 Å². The maximum Gasteiger partial charge on any atom is 0.166 e. The summed E-state index contributed by atoms with van der Waals surface area (Å²) in [4.78, 5) is 0. The van der Waals surface area contributed by atoms with Crippen molar-refractivity contribution < 1.29 is 14.6 Å². The molecule has 1 aliphatic rings. The molecule has 4 rings (SSSR count). The second-order valence-electron chi connectivity index (χ2n) is 8.33. The molecule has 3 aromatic carbocycles. The van der Waals surface area contributed by atoms with Gasteiger partial charge in [-0.25, -0.2) is 13.2 Å². The van der Waals surface area contributed by atoms with Crippen LogP contribution in [0.3, 0.4) is 0 Å². The van der Waals surface area contributed by atoms with Crippen molar-refractivity contribution in [3.8, 4) is 22.3 Å². The molecule has 0 saturated heterocycles. The number of benzene rings is 3. The lowest BCUT2D eigenvalue weighted by Gasteiger charge is -2.26. The highest BCUT2D eigenvalue weighted by atomic mass is 19.2. The fourth-order valence-electron chi connectivity index (χ4n) is 4.31. The molecule has 3 heteroatoms. The van der Waals surface area contributed by atoms with Crippen LogP contribution in [0.5, 0.6) is 0 Å². The molecule has 3 aromatic rings. The standard InChI is InChI=1S/C26H25F3.H2/c1-16-3-6-18(7-4-16)19-8-10-20(11-9-19)22-14-12-21(15-24(22)27)23-13-5-17(2)25(28)26(23)29;/h5,8-16,18H,3-4,6-7H2,1-2H3;1H. The molecular weight excluding hydrogens is 369 g/mol. The van der Waals surface area contributed by atoms with Crippen molar-refractivity contribution in [2.75, 3.05) is 0 Å². The predicted molar refractivity (Wildman–Crippen MR) is 114 cm³/mol. The third-order valence-electron chi connectivity index (χ3n) is 6.26. The van der Waals surface area contributed by atoms with Crippen LogP contribution in [0.4, 0.5) is 13.2 Å². The van der Waals surface area contributed by atoms with Gasteiger partial charge in [-0.1, -0.05) is 68.3 Å². The number of halogens is 3. The normalized spacial score (nSPS) is 19.3. The third kappa shape index (κ3) is 3.96. The molecule has 0 unspecified atom stereocenters. The van der Waals surface area contributed by atoms with E-state index < -0.39 is 17.5 Å². The first-order chi connectivity index (χ1) is 13.9. The maximum atomic E-state index is 14.8. The average molecular weight is 396 g/mol. The Balaban J connectivity index is 0.00000256. The molecule has 1 aliphatic carbocycles. The van der Waals surface area contributed by atoms with Gasteiger partial charge in [-0.2, -0.15) is 0 Å². The third-order valence-corrected chi connectivity index (χ3v) is 6.26. The van der Waals surface area contributed by atoms with Gasteiger partial charge in [-0.15, -0.1) is 0 Å². The summed E-state index contributed by atoms with van der Waals surface area (Å²) < 4.78 is 42.9. The van der Waals surface area contributed by atoms with Gasteiger partial charge in [0, 0.05) is 12.6 Å². The molecular formula is C26H27F3. The van der Waals surface area contributed by atoms with Gasteiger partial charge in [0.2, 0.25) is 0 Å². The number of hydrogen-bond donors (Lipinski definition) is 0. The van der Waals surface area contributed by atoms with Crippen LogP contribution in [0, 0.1) is 30.3 Å². The first kappa shape index (κ1) is 19.8. The Morgan fingerprint density at radius 2 is 1.34 bits per heavy atom. The zero-order valence-electron chi connectivity index (χ0n) is 16.8. The zero-order valence-corrected chi connectivity index (χ0v) is 16.8. The average Bonchev–Trinajstić information content (AvgIpc) is 2.73. The summed E-state index contributed by atoms with van der Waals surface area (Å²) >= 11 is 0. The Kier molecular flexibility index (Phi) is 5.49. The summed E-state index contributed by atoms with van der Waals surface area (Å²) in [6.07, 6.45) is 4.95. The van der Waals surface area contributed by atoms with E-state index in [1.807, 2.05) is 12.1 Å². The van der Waals surface area contributed by atoms with Gasteiger partial charge in [0.15, 0.2) is 11.6 Å². The molecule has 0 spiro atoms. The van der Waals surface area contributed by atoms with Crippen molar-refractivity contribution in [1.82, 2.24) is 0 Å². The summed E-state index contributed by atoms with van der Waals surface area (Å²) in [5.41, 5.74) is 3.20. The lowest BCUT2D eigenvalue weighted by molar-refractivity contribution is 0.348. The highest BCUT2D eigenvalue weighted by Gasteiger charge is 2.20. The van der Waals surface area contributed by atoms with E-state index in [9.17, 15) is 13.2 Å². The molecule has 29 heavy (non-hydrogen) atoms. The van der Waals surface area contributed by atoms with Crippen LogP contribution in [-0.2, 0) is 0 Å². The molecule has 0 aromatic heterocycles. The highest BCUT2D eigenvalue weighted by Crippen LogP contribution is 2.37. The number of aryl methyl sites for hydroxylation is 1. The van der Waals surface area contributed by atoms with Crippen molar-refractivity contribution in [2.24, 2.45) is 5.92 Å². The molecule has 1 saturated carbocycles. The SMILES string of the molecule is Cc1ccc(-c2ccc(-c3ccc(C4CCC(C)CC4)cc3)c(F)c2)c(F)c1F.[HH]. The van der Waals surface area contributed by atoms with Gasteiger partial charge in [0.1, 0.15) is 5.82 Å². The summed E-state index contributed by atoms with van der Waals surface area (Å²) in [5, 5.41) is 0. The molecule has 0 amide bonds. The van der Waals surface area contributed by atoms with E-state index in [-0.39, 0.29) is 12.6 Å². The molecule has 1 fully saturated rings. The number of rotatable bonds is 3. The molecule has 0 radical (unpaired) electrons. The Morgan fingerprint density at radius 3 is 2.00 bits per heavy atom. The van der Waals surface area contributed by atoms with Gasteiger partial charge in [0.25, 0.3) is 0 Å². The zero-order chi connectivity index (χ0) is 20.5. The van der Waals surface area contributed by atoms with Gasteiger partial charge in [0.05, 0.1) is 0 Å². The molecule has 0 N–H and O–H groups in total. The van der Waals surface area contributed by atoms with Crippen molar-refractivity contribution >= 4 is 0 Å². The van der Waals surface area contributed by atoms with Gasteiger partial charge >= 0.3 is 0 Å². The quantitative estimate of drug-likeness (QED) is 0.418. The van der Waals surface area contributed by atoms with Crippen LogP contribution in [-0.4, -0.2) is 0 Å². The van der Waals surface area contributed by atoms with Crippen molar-refractivity contribution in [1.29, 1.82) is 0 Å². The molecule has 0 aliphatic heterocycles. The van der Waals surface area contributed by atoms with E-state index in [1.165, 1.54) is 56.4 Å². The highest BCUT2D eigenvalue weighted by molar-refractivity contribution is 5.71. The lowest BCUT2D eigenvalue weighted by atomic mass is 9.79. The second kappa shape index (κ2) is 8.06. The van der Waals surface area contributed by atoms with Crippen LogP contribution in [0.25, 0.3) is 22.3 Å². The lowest BCUT2D eigenvalue weighted by Crippen LogP contribution is -2.10. The number of hydrogen-bond acceptors (Lipinski definition) is 0. The molecule has 0 bridgehead atoms. The van der Waals surface area contributed by atoms with E-state index in [0.29, 0.717) is 17.0 Å². The largest absolute Gasteiger partial charge is 0.206 e. The Bertz CT molecular complexity index is 1020. The fourth-order valence-corrected chi connectivity index (χ4v) is 4.31. The summed E-state index contributed by atoms with van der Waals surface area (Å²) in [7, 11) is 0.